The summed E-state index contributed by atoms with van der Waals surface area (Å²) in [5.74, 6) is 2.00. The Hall–Kier alpha value is -3.06. The molecule has 3 aliphatic rings. The summed E-state index contributed by atoms with van der Waals surface area (Å²) in [7, 11) is 0. The highest BCUT2D eigenvalue weighted by Crippen LogP contribution is 2.33. The standard InChI is InChI=1S/C30H39N3O4/c1-30(2,3)24-11-9-23(10-12-24)29(35)33-16-14-32(15-17-33)27(22-6-4-5-7-22)28(34)31-19-21-8-13-25-26(18-21)37-20-36-25/h8-13,18,22,27H,4-7,14-17,19-20H2,1-3H3,(H,31,34)/t27-/m0/s1. The number of rotatable bonds is 6. The quantitative estimate of drug-likeness (QED) is 0.632. The number of nitrogens with one attached hydrogen (secondary N) is 1. The van der Waals surface area contributed by atoms with Crippen LogP contribution in [-0.2, 0) is 16.8 Å². The molecule has 5 rings (SSSR count). The second-order valence-electron chi connectivity index (χ2n) is 11.6. The molecule has 7 heteroatoms. The first-order valence-corrected chi connectivity index (χ1v) is 13.6. The summed E-state index contributed by atoms with van der Waals surface area (Å²) in [4.78, 5) is 30.9. The second-order valence-corrected chi connectivity index (χ2v) is 11.6. The van der Waals surface area contributed by atoms with Crippen LogP contribution in [0.2, 0.25) is 0 Å². The number of benzene rings is 2. The SMILES string of the molecule is CC(C)(C)c1ccc(C(=O)N2CCN([C@H](C(=O)NCc3ccc4c(c3)OCO4)C3CCCC3)CC2)cc1. The lowest BCUT2D eigenvalue weighted by molar-refractivity contribution is -0.129. The molecule has 2 aromatic rings. The van der Waals surface area contributed by atoms with Gasteiger partial charge >= 0.3 is 0 Å². The van der Waals surface area contributed by atoms with Gasteiger partial charge in [-0.3, -0.25) is 14.5 Å². The van der Waals surface area contributed by atoms with Crippen molar-refractivity contribution in [1.29, 1.82) is 0 Å². The van der Waals surface area contributed by atoms with Crippen molar-refractivity contribution in [3.8, 4) is 11.5 Å². The third kappa shape index (κ3) is 5.77. The number of carbonyl (C=O) groups is 2. The summed E-state index contributed by atoms with van der Waals surface area (Å²) >= 11 is 0. The summed E-state index contributed by atoms with van der Waals surface area (Å²) in [5, 5.41) is 3.18. The number of piperazine rings is 1. The van der Waals surface area contributed by atoms with E-state index in [9.17, 15) is 9.59 Å². The van der Waals surface area contributed by atoms with E-state index < -0.39 is 0 Å². The zero-order valence-electron chi connectivity index (χ0n) is 22.3. The van der Waals surface area contributed by atoms with Crippen molar-refractivity contribution in [3.05, 3.63) is 59.2 Å². The Kier molecular flexibility index (Phi) is 7.43. The Bertz CT molecular complexity index is 1110. The Labute approximate surface area is 220 Å². The Morgan fingerprint density at radius 2 is 1.62 bits per heavy atom. The fraction of sp³-hybridized carbons (Fsp3) is 0.533. The average Bonchev–Trinajstić information content (AvgIpc) is 3.59. The van der Waals surface area contributed by atoms with Crippen LogP contribution in [0.5, 0.6) is 11.5 Å². The first-order valence-electron chi connectivity index (χ1n) is 13.6. The lowest BCUT2D eigenvalue weighted by Gasteiger charge is -2.40. The Balaban J connectivity index is 1.20. The molecule has 1 saturated carbocycles. The van der Waals surface area contributed by atoms with Crippen LogP contribution in [0.25, 0.3) is 0 Å². The van der Waals surface area contributed by atoms with Crippen LogP contribution >= 0.6 is 0 Å². The third-order valence-corrected chi connectivity index (χ3v) is 8.01. The van der Waals surface area contributed by atoms with Gasteiger partial charge in [0.2, 0.25) is 12.7 Å². The number of fused-ring (bicyclic) bond motifs is 1. The molecule has 2 aromatic carbocycles. The molecule has 2 fully saturated rings. The van der Waals surface area contributed by atoms with Crippen LogP contribution in [0, 0.1) is 5.92 Å². The topological polar surface area (TPSA) is 71.1 Å². The molecule has 0 spiro atoms. The largest absolute Gasteiger partial charge is 0.454 e. The number of amides is 2. The van der Waals surface area contributed by atoms with Gasteiger partial charge < -0.3 is 19.7 Å². The molecule has 1 saturated heterocycles. The van der Waals surface area contributed by atoms with Crippen LogP contribution in [-0.4, -0.2) is 60.6 Å². The van der Waals surface area contributed by atoms with E-state index in [-0.39, 0.29) is 30.1 Å². The normalized spacial score (nSPS) is 19.2. The van der Waals surface area contributed by atoms with E-state index in [1.165, 1.54) is 18.4 Å². The van der Waals surface area contributed by atoms with Gasteiger partial charge in [0.15, 0.2) is 11.5 Å². The lowest BCUT2D eigenvalue weighted by Crippen LogP contribution is -2.57. The molecule has 0 radical (unpaired) electrons. The molecule has 2 heterocycles. The summed E-state index contributed by atoms with van der Waals surface area (Å²) in [6.07, 6.45) is 4.53. The molecule has 7 nitrogen and oxygen atoms in total. The lowest BCUT2D eigenvalue weighted by atomic mass is 9.86. The van der Waals surface area contributed by atoms with Crippen molar-refractivity contribution in [2.24, 2.45) is 5.92 Å². The van der Waals surface area contributed by atoms with Crippen molar-refractivity contribution in [3.63, 3.8) is 0 Å². The van der Waals surface area contributed by atoms with Gasteiger partial charge in [-0.05, 0) is 59.6 Å². The molecule has 2 amide bonds. The highest BCUT2D eigenvalue weighted by molar-refractivity contribution is 5.94. The number of hydrogen-bond donors (Lipinski definition) is 1. The van der Waals surface area contributed by atoms with Gasteiger partial charge in [-0.1, -0.05) is 51.8 Å². The van der Waals surface area contributed by atoms with Crippen LogP contribution in [0.3, 0.4) is 0 Å². The fourth-order valence-corrected chi connectivity index (χ4v) is 5.79. The van der Waals surface area contributed by atoms with Crippen molar-refractivity contribution in [1.82, 2.24) is 15.1 Å². The summed E-state index contributed by atoms with van der Waals surface area (Å²) in [6, 6.07) is 13.7. The summed E-state index contributed by atoms with van der Waals surface area (Å²) < 4.78 is 10.9. The van der Waals surface area contributed by atoms with Crippen LogP contribution < -0.4 is 14.8 Å². The smallest absolute Gasteiger partial charge is 0.253 e. The number of hydrogen-bond acceptors (Lipinski definition) is 5. The zero-order valence-corrected chi connectivity index (χ0v) is 22.3. The molecule has 1 N–H and O–H groups in total. The predicted octanol–water partition coefficient (Wildman–Crippen LogP) is 4.35. The van der Waals surface area contributed by atoms with Gasteiger partial charge in [0.25, 0.3) is 5.91 Å². The van der Waals surface area contributed by atoms with E-state index in [0.717, 1.165) is 35.5 Å². The molecule has 1 atom stereocenters. The van der Waals surface area contributed by atoms with Gasteiger partial charge in [-0.25, -0.2) is 0 Å². The highest BCUT2D eigenvalue weighted by Gasteiger charge is 2.37. The van der Waals surface area contributed by atoms with Gasteiger partial charge in [0.1, 0.15) is 0 Å². The van der Waals surface area contributed by atoms with Gasteiger partial charge in [-0.2, -0.15) is 0 Å². The van der Waals surface area contributed by atoms with Crippen LogP contribution in [0.4, 0.5) is 0 Å². The van der Waals surface area contributed by atoms with Gasteiger partial charge in [0.05, 0.1) is 6.04 Å². The van der Waals surface area contributed by atoms with Gasteiger partial charge in [0, 0.05) is 38.3 Å². The molecule has 2 aliphatic heterocycles. The van der Waals surface area contributed by atoms with Crippen LogP contribution in [0.1, 0.15) is 67.9 Å². The minimum absolute atomic E-state index is 0.0613. The fourth-order valence-electron chi connectivity index (χ4n) is 5.79. The number of carbonyl (C=O) groups excluding carboxylic acids is 2. The van der Waals surface area contributed by atoms with E-state index in [0.29, 0.717) is 38.6 Å². The Morgan fingerprint density at radius 1 is 0.946 bits per heavy atom. The summed E-state index contributed by atoms with van der Waals surface area (Å²) in [5.41, 5.74) is 3.01. The molecular weight excluding hydrogens is 466 g/mol. The van der Waals surface area contributed by atoms with E-state index >= 15 is 0 Å². The average molecular weight is 506 g/mol. The van der Waals surface area contributed by atoms with E-state index in [2.05, 4.69) is 43.1 Å². The third-order valence-electron chi connectivity index (χ3n) is 8.01. The van der Waals surface area contributed by atoms with Gasteiger partial charge in [-0.15, -0.1) is 0 Å². The minimum Gasteiger partial charge on any atom is -0.454 e. The summed E-state index contributed by atoms with van der Waals surface area (Å²) in [6.45, 7) is 9.93. The monoisotopic (exact) mass is 505 g/mol. The van der Waals surface area contributed by atoms with Crippen molar-refractivity contribution < 1.29 is 19.1 Å². The molecular formula is C30H39N3O4. The number of ether oxygens (including phenoxy) is 2. The molecule has 0 aromatic heterocycles. The first kappa shape index (κ1) is 25.6. The maximum Gasteiger partial charge on any atom is 0.253 e. The highest BCUT2D eigenvalue weighted by atomic mass is 16.7. The Morgan fingerprint density at radius 3 is 2.30 bits per heavy atom. The van der Waals surface area contributed by atoms with Crippen LogP contribution in [0.15, 0.2) is 42.5 Å². The molecule has 198 valence electrons. The first-order chi connectivity index (χ1) is 17.8. The molecule has 1 aliphatic carbocycles. The predicted molar refractivity (Wildman–Crippen MR) is 143 cm³/mol. The molecule has 0 unspecified atom stereocenters. The van der Waals surface area contributed by atoms with Crippen molar-refractivity contribution in [2.45, 2.75) is 64.5 Å². The number of nitrogens with zero attached hydrogens (tertiary/aromatic N) is 2. The maximum atomic E-state index is 13.5. The van der Waals surface area contributed by atoms with E-state index in [1.54, 1.807) is 0 Å². The van der Waals surface area contributed by atoms with E-state index in [4.69, 9.17) is 9.47 Å². The molecule has 0 bridgehead atoms. The second kappa shape index (κ2) is 10.7. The zero-order chi connectivity index (χ0) is 26.0. The van der Waals surface area contributed by atoms with E-state index in [1.807, 2.05) is 35.2 Å². The van der Waals surface area contributed by atoms with Crippen molar-refractivity contribution >= 4 is 11.8 Å². The van der Waals surface area contributed by atoms with Crippen molar-refractivity contribution in [2.75, 3.05) is 33.0 Å². The minimum atomic E-state index is -0.153. The molecule has 37 heavy (non-hydrogen) atoms. The maximum absolute atomic E-state index is 13.5.